The van der Waals surface area contributed by atoms with Crippen molar-refractivity contribution in [3.8, 4) is 0 Å². The van der Waals surface area contributed by atoms with Gasteiger partial charge in [-0.05, 0) is 138 Å². The molecule has 0 N–H and O–H groups in total. The summed E-state index contributed by atoms with van der Waals surface area (Å²) in [6, 6.07) is 0. The van der Waals surface area contributed by atoms with Crippen molar-refractivity contribution in [2.45, 2.75) is 91.9 Å². The minimum Gasteiger partial charge on any atom is -0.280 e. The Labute approximate surface area is 191 Å². The van der Waals surface area contributed by atoms with E-state index in [-0.39, 0.29) is 21.7 Å². The van der Waals surface area contributed by atoms with Crippen molar-refractivity contribution in [1.29, 1.82) is 0 Å². The summed E-state index contributed by atoms with van der Waals surface area (Å²) in [5, 5.41) is -0.896. The lowest BCUT2D eigenvalue weighted by Crippen LogP contribution is -2.81. The van der Waals surface area contributed by atoms with E-state index in [1.54, 1.807) is 0 Å². The maximum atomic E-state index is 13.7. The van der Waals surface area contributed by atoms with Gasteiger partial charge in [0.15, 0.2) is 0 Å². The van der Waals surface area contributed by atoms with Crippen LogP contribution in [0.3, 0.4) is 0 Å². The van der Waals surface area contributed by atoms with Crippen LogP contribution in [0, 0.1) is 56.2 Å². The first-order valence-corrected chi connectivity index (χ1v) is 13.0. The zero-order chi connectivity index (χ0) is 21.5. The molecule has 8 saturated carbocycles. The Morgan fingerprint density at radius 1 is 0.700 bits per heavy atom. The number of hydrogen-bond acceptors (Lipinski definition) is 2. The van der Waals surface area contributed by atoms with Crippen LogP contribution in [0.15, 0.2) is 0 Å². The van der Waals surface area contributed by atoms with Gasteiger partial charge in [-0.3, -0.25) is 9.59 Å². The Morgan fingerprint density at radius 3 is 1.67 bits per heavy atom. The number of carbonyl (C=O) groups is 2. The molecule has 0 heterocycles. The van der Waals surface area contributed by atoms with Crippen LogP contribution >= 0.6 is 23.2 Å². The molecule has 0 saturated heterocycles. The molecule has 8 aliphatic rings. The molecule has 30 heavy (non-hydrogen) atoms. The molecule has 8 aliphatic carbocycles. The van der Waals surface area contributed by atoms with E-state index in [2.05, 4.69) is 27.7 Å². The van der Waals surface area contributed by atoms with E-state index >= 15 is 0 Å². The molecule has 8 fully saturated rings. The lowest BCUT2D eigenvalue weighted by atomic mass is 9.20. The van der Waals surface area contributed by atoms with Crippen molar-refractivity contribution >= 4 is 33.7 Å². The molecule has 0 aromatic rings. The Bertz CT molecular complexity index is 812. The average Bonchev–Trinajstić information content (AvgIpc) is 2.57. The van der Waals surface area contributed by atoms with E-state index in [1.165, 1.54) is 44.9 Å². The Morgan fingerprint density at radius 2 is 1.20 bits per heavy atom. The average molecular weight is 451 g/mol. The first kappa shape index (κ1) is 20.5. The molecule has 0 aromatic carbocycles. The minimum atomic E-state index is -1.26. The Hall–Kier alpha value is -0.0800. The molecule has 8 rings (SSSR count). The van der Waals surface area contributed by atoms with Crippen LogP contribution in [0.5, 0.6) is 0 Å². The van der Waals surface area contributed by atoms with Crippen LogP contribution in [-0.2, 0) is 9.59 Å². The standard InChI is InChI=1S/C26H36Cl2O2/c1-21(2)22(3)8-18-9-23(21,4)26(19(27)29,20(28)30)25(13-18,14-22)24-10-15-5-16(11-24)7-17(6-15)12-24/h15-18H,5-14H2,1-4H3. The van der Waals surface area contributed by atoms with E-state index in [9.17, 15) is 9.59 Å². The molecule has 0 aromatic heterocycles. The van der Waals surface area contributed by atoms with Gasteiger partial charge in [-0.1, -0.05) is 27.7 Å². The number of carbonyl (C=O) groups excluding carboxylic acids is 2. The molecule has 166 valence electrons. The Kier molecular flexibility index (Phi) is 3.77. The molecule has 8 bridgehead atoms. The lowest BCUT2D eigenvalue weighted by Gasteiger charge is -2.83. The van der Waals surface area contributed by atoms with Gasteiger partial charge in [0, 0.05) is 0 Å². The molecule has 4 atom stereocenters. The largest absolute Gasteiger partial charge is 0.280 e. The predicted octanol–water partition coefficient (Wildman–Crippen LogP) is 6.96. The smallest absolute Gasteiger partial charge is 0.237 e. The predicted molar refractivity (Wildman–Crippen MR) is 119 cm³/mol. The fourth-order valence-corrected chi connectivity index (χ4v) is 13.0. The normalized spacial score (nSPS) is 56.3. The van der Waals surface area contributed by atoms with Crippen molar-refractivity contribution in [2.75, 3.05) is 0 Å². The zero-order valence-electron chi connectivity index (χ0n) is 19.0. The second kappa shape index (κ2) is 5.52. The zero-order valence-corrected chi connectivity index (χ0v) is 20.5. The van der Waals surface area contributed by atoms with Crippen LogP contribution in [0.25, 0.3) is 0 Å². The highest BCUT2D eigenvalue weighted by Crippen LogP contribution is 2.88. The second-order valence-electron chi connectivity index (χ2n) is 13.8. The highest BCUT2D eigenvalue weighted by atomic mass is 35.5. The van der Waals surface area contributed by atoms with Crippen LogP contribution in [0.1, 0.15) is 91.9 Å². The second-order valence-corrected chi connectivity index (χ2v) is 14.4. The molecule has 0 spiro atoms. The van der Waals surface area contributed by atoms with E-state index in [4.69, 9.17) is 23.2 Å². The molecule has 0 aliphatic heterocycles. The minimum absolute atomic E-state index is 0.0644. The fraction of sp³-hybridized carbons (Fsp3) is 0.923. The molecule has 2 nitrogen and oxygen atoms in total. The topological polar surface area (TPSA) is 34.1 Å². The van der Waals surface area contributed by atoms with Gasteiger partial charge >= 0.3 is 0 Å². The molecule has 0 amide bonds. The summed E-state index contributed by atoms with van der Waals surface area (Å²) in [5.74, 6) is 2.89. The summed E-state index contributed by atoms with van der Waals surface area (Å²) in [6.45, 7) is 9.26. The first-order chi connectivity index (χ1) is 13.9. The summed E-state index contributed by atoms with van der Waals surface area (Å²) >= 11 is 13.2. The summed E-state index contributed by atoms with van der Waals surface area (Å²) < 4.78 is 0. The summed E-state index contributed by atoms with van der Waals surface area (Å²) in [5.41, 5.74) is -2.10. The third-order valence-electron chi connectivity index (χ3n) is 12.8. The van der Waals surface area contributed by atoms with Crippen LogP contribution < -0.4 is 0 Å². The molecular formula is C26H36Cl2O2. The van der Waals surface area contributed by atoms with Gasteiger partial charge in [-0.25, -0.2) is 0 Å². The van der Waals surface area contributed by atoms with Gasteiger partial charge in [0.2, 0.25) is 10.5 Å². The quantitative estimate of drug-likeness (QED) is 0.343. The van der Waals surface area contributed by atoms with Crippen LogP contribution in [0.2, 0.25) is 0 Å². The maximum Gasteiger partial charge on any atom is 0.237 e. The highest BCUT2D eigenvalue weighted by Gasteiger charge is 2.86. The molecule has 4 heteroatoms. The third kappa shape index (κ3) is 1.84. The van der Waals surface area contributed by atoms with Gasteiger partial charge in [-0.2, -0.15) is 0 Å². The van der Waals surface area contributed by atoms with Crippen LogP contribution in [0.4, 0.5) is 0 Å². The highest BCUT2D eigenvalue weighted by molar-refractivity contribution is 6.75. The van der Waals surface area contributed by atoms with Crippen molar-refractivity contribution in [3.05, 3.63) is 0 Å². The van der Waals surface area contributed by atoms with Crippen molar-refractivity contribution in [3.63, 3.8) is 0 Å². The van der Waals surface area contributed by atoms with Gasteiger partial charge in [-0.15, -0.1) is 0 Å². The van der Waals surface area contributed by atoms with E-state index < -0.39 is 21.3 Å². The van der Waals surface area contributed by atoms with Crippen molar-refractivity contribution in [2.24, 2.45) is 56.2 Å². The lowest BCUT2D eigenvalue weighted by molar-refractivity contribution is -0.337. The van der Waals surface area contributed by atoms with Gasteiger partial charge < -0.3 is 0 Å². The first-order valence-electron chi connectivity index (χ1n) is 12.3. The molecule has 4 unspecified atom stereocenters. The summed E-state index contributed by atoms with van der Waals surface area (Å²) in [6.07, 6.45) is 11.7. The van der Waals surface area contributed by atoms with Crippen molar-refractivity contribution < 1.29 is 9.59 Å². The monoisotopic (exact) mass is 450 g/mol. The number of hydrogen-bond donors (Lipinski definition) is 0. The SMILES string of the molecule is CC12CC3CC(C)(C1(C)C)C(C(=O)Cl)(C(=O)Cl)C(C14CC5CC(CC(C5)C1)C4)(C3)C2. The third-order valence-corrected chi connectivity index (χ3v) is 13.4. The van der Waals surface area contributed by atoms with E-state index in [1.807, 2.05) is 0 Å². The summed E-state index contributed by atoms with van der Waals surface area (Å²) in [7, 11) is 0. The maximum absolute atomic E-state index is 13.7. The fourth-order valence-electron chi connectivity index (χ4n) is 12.0. The van der Waals surface area contributed by atoms with Crippen molar-refractivity contribution in [1.82, 2.24) is 0 Å². The molecular weight excluding hydrogens is 415 g/mol. The van der Waals surface area contributed by atoms with Gasteiger partial charge in [0.1, 0.15) is 5.41 Å². The van der Waals surface area contributed by atoms with E-state index in [0.29, 0.717) is 5.92 Å². The van der Waals surface area contributed by atoms with Gasteiger partial charge in [0.25, 0.3) is 0 Å². The molecule has 0 radical (unpaired) electrons. The number of rotatable bonds is 3. The van der Waals surface area contributed by atoms with Gasteiger partial charge in [0.05, 0.1) is 0 Å². The van der Waals surface area contributed by atoms with E-state index in [0.717, 1.165) is 37.0 Å². The Balaban J connectivity index is 1.67. The summed E-state index contributed by atoms with van der Waals surface area (Å²) in [4.78, 5) is 27.3. The number of halogens is 2. The van der Waals surface area contributed by atoms with Crippen LogP contribution in [-0.4, -0.2) is 10.5 Å².